The third-order valence-corrected chi connectivity index (χ3v) is 2.77. The highest BCUT2D eigenvalue weighted by Crippen LogP contribution is 2.28. The number of rotatable bonds is 3. The molecule has 0 saturated carbocycles. The number of hydrogen-bond donors (Lipinski definition) is 2. The molecule has 1 unspecified atom stereocenters. The highest BCUT2D eigenvalue weighted by Gasteiger charge is 2.18. The minimum atomic E-state index is -0.169. The number of nitrogens with two attached hydrogens (primary N) is 1. The molecule has 2 aromatic heterocycles. The van der Waals surface area contributed by atoms with Gasteiger partial charge in [0.15, 0.2) is 0 Å². The van der Waals surface area contributed by atoms with E-state index in [4.69, 9.17) is 10.3 Å². The molecule has 0 saturated heterocycles. The van der Waals surface area contributed by atoms with Crippen LogP contribution in [-0.2, 0) is 0 Å². The summed E-state index contributed by atoms with van der Waals surface area (Å²) in [6.07, 6.45) is 5.05. The predicted octanol–water partition coefficient (Wildman–Crippen LogP) is 1.99. The Morgan fingerprint density at radius 1 is 1.33 bits per heavy atom. The van der Waals surface area contributed by atoms with E-state index in [1.807, 2.05) is 18.2 Å². The first-order valence-electron chi connectivity index (χ1n) is 4.42. The number of furan rings is 1. The van der Waals surface area contributed by atoms with E-state index < -0.39 is 0 Å². The van der Waals surface area contributed by atoms with Crippen LogP contribution in [0.1, 0.15) is 17.4 Å². The molecule has 2 aromatic rings. The zero-order chi connectivity index (χ0) is 10.7. The summed E-state index contributed by atoms with van der Waals surface area (Å²) in [6, 6.07) is 5.44. The maximum Gasteiger partial charge on any atom is 0.140 e. The topological polar surface area (TPSA) is 64.1 Å². The van der Waals surface area contributed by atoms with E-state index >= 15 is 0 Å². The van der Waals surface area contributed by atoms with Crippen LogP contribution in [-0.4, -0.2) is 4.98 Å². The number of hydrazine groups is 1. The Morgan fingerprint density at radius 2 is 2.07 bits per heavy atom. The zero-order valence-corrected chi connectivity index (χ0v) is 9.44. The molecule has 3 N–H and O–H groups in total. The first-order valence-corrected chi connectivity index (χ1v) is 5.21. The van der Waals surface area contributed by atoms with Crippen LogP contribution in [0.3, 0.4) is 0 Å². The molecule has 5 heteroatoms. The average Bonchev–Trinajstić information content (AvgIpc) is 2.68. The molecule has 0 aliphatic heterocycles. The van der Waals surface area contributed by atoms with Gasteiger partial charge in [0.2, 0.25) is 0 Å². The molecule has 1 atom stereocenters. The SMILES string of the molecule is NNC(c1ccncc1)c1occc1Br. The molecule has 4 nitrogen and oxygen atoms in total. The molecule has 2 rings (SSSR count). The van der Waals surface area contributed by atoms with E-state index in [9.17, 15) is 0 Å². The van der Waals surface area contributed by atoms with E-state index in [2.05, 4.69) is 26.3 Å². The molecule has 2 heterocycles. The van der Waals surface area contributed by atoms with Crippen LogP contribution in [0.15, 0.2) is 45.7 Å². The summed E-state index contributed by atoms with van der Waals surface area (Å²) in [7, 11) is 0. The fraction of sp³-hybridized carbons (Fsp3) is 0.100. The van der Waals surface area contributed by atoms with Gasteiger partial charge in [0.25, 0.3) is 0 Å². The van der Waals surface area contributed by atoms with Crippen molar-refractivity contribution >= 4 is 15.9 Å². The van der Waals surface area contributed by atoms with Crippen LogP contribution in [0.25, 0.3) is 0 Å². The standard InChI is InChI=1S/C10H10BrN3O/c11-8-3-6-15-10(8)9(14-12)7-1-4-13-5-2-7/h1-6,9,14H,12H2. The van der Waals surface area contributed by atoms with E-state index in [-0.39, 0.29) is 6.04 Å². The average molecular weight is 268 g/mol. The van der Waals surface area contributed by atoms with Crippen molar-refractivity contribution in [3.8, 4) is 0 Å². The lowest BCUT2D eigenvalue weighted by molar-refractivity contribution is 0.449. The Hall–Kier alpha value is -1.17. The van der Waals surface area contributed by atoms with E-state index in [1.54, 1.807) is 18.7 Å². The maximum absolute atomic E-state index is 5.51. The van der Waals surface area contributed by atoms with Crippen molar-refractivity contribution in [2.24, 2.45) is 5.84 Å². The van der Waals surface area contributed by atoms with Crippen molar-refractivity contribution in [2.75, 3.05) is 0 Å². The van der Waals surface area contributed by atoms with Gasteiger partial charge in [-0.3, -0.25) is 10.8 Å². The first kappa shape index (κ1) is 10.4. The van der Waals surface area contributed by atoms with Gasteiger partial charge in [0.1, 0.15) is 11.8 Å². The zero-order valence-electron chi connectivity index (χ0n) is 7.85. The van der Waals surface area contributed by atoms with Gasteiger partial charge < -0.3 is 4.42 Å². The molecular formula is C10H10BrN3O. The lowest BCUT2D eigenvalue weighted by Gasteiger charge is -2.13. The van der Waals surface area contributed by atoms with Crippen molar-refractivity contribution < 1.29 is 4.42 Å². The summed E-state index contributed by atoms with van der Waals surface area (Å²) >= 11 is 3.40. The second-order valence-electron chi connectivity index (χ2n) is 3.01. The summed E-state index contributed by atoms with van der Waals surface area (Å²) in [6.45, 7) is 0. The highest BCUT2D eigenvalue weighted by atomic mass is 79.9. The minimum Gasteiger partial charge on any atom is -0.466 e. The first-order chi connectivity index (χ1) is 7.33. The van der Waals surface area contributed by atoms with Gasteiger partial charge in [-0.1, -0.05) is 0 Å². The van der Waals surface area contributed by atoms with Gasteiger partial charge in [0.05, 0.1) is 10.7 Å². The van der Waals surface area contributed by atoms with Crippen molar-refractivity contribution in [3.63, 3.8) is 0 Å². The molecule has 0 aliphatic rings. The van der Waals surface area contributed by atoms with E-state index in [0.717, 1.165) is 15.8 Å². The fourth-order valence-corrected chi connectivity index (χ4v) is 1.82. The Labute approximate surface area is 95.6 Å². The third-order valence-electron chi connectivity index (χ3n) is 2.11. The number of pyridine rings is 1. The van der Waals surface area contributed by atoms with Gasteiger partial charge in [-0.15, -0.1) is 0 Å². The summed E-state index contributed by atoms with van der Waals surface area (Å²) < 4.78 is 6.25. The van der Waals surface area contributed by atoms with Gasteiger partial charge in [-0.25, -0.2) is 5.43 Å². The van der Waals surface area contributed by atoms with Crippen molar-refractivity contribution in [1.82, 2.24) is 10.4 Å². The van der Waals surface area contributed by atoms with Crippen LogP contribution in [0, 0.1) is 0 Å². The molecule has 0 amide bonds. The number of nitrogens with zero attached hydrogens (tertiary/aromatic N) is 1. The minimum absolute atomic E-state index is 0.169. The second-order valence-corrected chi connectivity index (χ2v) is 3.87. The van der Waals surface area contributed by atoms with Gasteiger partial charge in [-0.2, -0.15) is 0 Å². The third kappa shape index (κ3) is 2.09. The maximum atomic E-state index is 5.51. The number of aromatic nitrogens is 1. The molecule has 0 radical (unpaired) electrons. The van der Waals surface area contributed by atoms with Crippen molar-refractivity contribution in [3.05, 3.63) is 52.7 Å². The number of hydrogen-bond acceptors (Lipinski definition) is 4. The van der Waals surface area contributed by atoms with Gasteiger partial charge >= 0.3 is 0 Å². The summed E-state index contributed by atoms with van der Waals surface area (Å²) in [5, 5.41) is 0. The Kier molecular flexibility index (Phi) is 3.15. The summed E-state index contributed by atoms with van der Waals surface area (Å²) in [4.78, 5) is 3.95. The van der Waals surface area contributed by atoms with E-state index in [0.29, 0.717) is 0 Å². The van der Waals surface area contributed by atoms with E-state index in [1.165, 1.54) is 0 Å². The Morgan fingerprint density at radius 3 is 2.60 bits per heavy atom. The molecule has 0 aromatic carbocycles. The largest absolute Gasteiger partial charge is 0.466 e. The smallest absolute Gasteiger partial charge is 0.140 e. The fourth-order valence-electron chi connectivity index (χ4n) is 1.39. The Balaban J connectivity index is 2.37. The van der Waals surface area contributed by atoms with Crippen molar-refractivity contribution in [1.29, 1.82) is 0 Å². The molecule has 78 valence electrons. The van der Waals surface area contributed by atoms with Crippen LogP contribution >= 0.6 is 15.9 Å². The lowest BCUT2D eigenvalue weighted by Crippen LogP contribution is -2.28. The molecule has 0 bridgehead atoms. The highest BCUT2D eigenvalue weighted by molar-refractivity contribution is 9.10. The molecule has 15 heavy (non-hydrogen) atoms. The van der Waals surface area contributed by atoms with Crippen LogP contribution in [0.5, 0.6) is 0 Å². The molecule has 0 spiro atoms. The van der Waals surface area contributed by atoms with Crippen molar-refractivity contribution in [2.45, 2.75) is 6.04 Å². The van der Waals surface area contributed by atoms with Crippen LogP contribution < -0.4 is 11.3 Å². The van der Waals surface area contributed by atoms with Gasteiger partial charge in [-0.05, 0) is 39.7 Å². The number of nitrogens with one attached hydrogen (secondary N) is 1. The monoisotopic (exact) mass is 267 g/mol. The molecule has 0 fully saturated rings. The summed E-state index contributed by atoms with van der Waals surface area (Å²) in [5.41, 5.74) is 3.71. The molecule has 0 aliphatic carbocycles. The normalized spacial score (nSPS) is 12.7. The van der Waals surface area contributed by atoms with Crippen LogP contribution in [0.2, 0.25) is 0 Å². The quantitative estimate of drug-likeness (QED) is 0.660. The lowest BCUT2D eigenvalue weighted by atomic mass is 10.1. The van der Waals surface area contributed by atoms with Gasteiger partial charge in [0, 0.05) is 12.4 Å². The predicted molar refractivity (Wildman–Crippen MR) is 59.8 cm³/mol. The second kappa shape index (κ2) is 4.57. The Bertz CT molecular complexity index is 429. The summed E-state index contributed by atoms with van der Waals surface area (Å²) in [5.74, 6) is 6.27. The number of halogens is 1. The molecular weight excluding hydrogens is 258 g/mol. The van der Waals surface area contributed by atoms with Crippen LogP contribution in [0.4, 0.5) is 0 Å².